The van der Waals surface area contributed by atoms with E-state index in [1.54, 1.807) is 12.1 Å². The summed E-state index contributed by atoms with van der Waals surface area (Å²) in [5.41, 5.74) is 3.49. The van der Waals surface area contributed by atoms with Gasteiger partial charge in [0.25, 0.3) is 5.22 Å². The Balaban J connectivity index is 1.45. The second-order valence-electron chi connectivity index (χ2n) is 6.00. The number of ether oxygens (including phenoxy) is 2. The number of hydrogen-bond acceptors (Lipinski definition) is 7. The van der Waals surface area contributed by atoms with Crippen LogP contribution >= 0.6 is 11.8 Å². The topological polar surface area (TPSA) is 79.4 Å². The molecule has 0 saturated heterocycles. The number of benzene rings is 1. The van der Waals surface area contributed by atoms with Gasteiger partial charge in [-0.3, -0.25) is 4.79 Å². The molecule has 0 bridgehead atoms. The van der Waals surface area contributed by atoms with Crippen molar-refractivity contribution in [1.82, 2.24) is 14.8 Å². The molecule has 0 atom stereocenters. The molecule has 1 aliphatic heterocycles. The minimum absolute atomic E-state index is 0.0408. The molecule has 134 valence electrons. The van der Waals surface area contributed by atoms with Crippen LogP contribution in [0.1, 0.15) is 21.7 Å². The predicted octanol–water partition coefficient (Wildman–Crippen LogP) is 3.40. The number of aromatic nitrogens is 3. The summed E-state index contributed by atoms with van der Waals surface area (Å²) in [6, 6.07) is 7.34. The molecule has 26 heavy (non-hydrogen) atoms. The van der Waals surface area contributed by atoms with Crippen LogP contribution in [0.3, 0.4) is 0 Å². The molecule has 3 heterocycles. The quantitative estimate of drug-likeness (QED) is 0.502. The van der Waals surface area contributed by atoms with Crippen molar-refractivity contribution < 1.29 is 18.7 Å². The standard InChI is InChI=1S/C18H17N3O4S/c1-10-6-13(11(2)21(10)3)14(22)8-26-18-20-19-17(25-18)12-4-5-15-16(7-12)24-9-23-15/h4-7H,8-9H2,1-3H3. The van der Waals surface area contributed by atoms with Crippen LogP contribution in [0.25, 0.3) is 11.5 Å². The van der Waals surface area contributed by atoms with Crippen LogP contribution in [0.5, 0.6) is 11.5 Å². The SMILES string of the molecule is Cc1cc(C(=O)CSc2nnc(-c3ccc4c(c3)OCO4)o2)c(C)n1C. The largest absolute Gasteiger partial charge is 0.454 e. The molecule has 0 fully saturated rings. The summed E-state index contributed by atoms with van der Waals surface area (Å²) < 4.78 is 18.3. The normalized spacial score (nSPS) is 12.6. The molecule has 3 aromatic rings. The Kier molecular flexibility index (Phi) is 4.20. The number of nitrogens with zero attached hydrogens (tertiary/aromatic N) is 3. The first-order valence-electron chi connectivity index (χ1n) is 8.05. The molecule has 0 amide bonds. The Bertz CT molecular complexity index is 992. The van der Waals surface area contributed by atoms with Gasteiger partial charge in [0.1, 0.15) is 0 Å². The van der Waals surface area contributed by atoms with E-state index in [1.807, 2.05) is 37.6 Å². The molecule has 1 aromatic carbocycles. The average Bonchev–Trinajstić information content (AvgIpc) is 3.35. The molecule has 7 nitrogen and oxygen atoms in total. The van der Waals surface area contributed by atoms with E-state index in [-0.39, 0.29) is 18.3 Å². The highest BCUT2D eigenvalue weighted by Gasteiger charge is 2.18. The monoisotopic (exact) mass is 371 g/mol. The minimum atomic E-state index is 0.0408. The Morgan fingerprint density at radius 2 is 2.00 bits per heavy atom. The fourth-order valence-corrected chi connectivity index (χ4v) is 3.40. The smallest absolute Gasteiger partial charge is 0.277 e. The highest BCUT2D eigenvalue weighted by molar-refractivity contribution is 7.99. The summed E-state index contributed by atoms with van der Waals surface area (Å²) >= 11 is 1.23. The lowest BCUT2D eigenvalue weighted by Gasteiger charge is -2.01. The van der Waals surface area contributed by atoms with E-state index in [0.29, 0.717) is 22.6 Å². The lowest BCUT2D eigenvalue weighted by atomic mass is 10.2. The molecular weight excluding hydrogens is 354 g/mol. The molecule has 0 aliphatic carbocycles. The Morgan fingerprint density at radius 3 is 2.77 bits per heavy atom. The third-order valence-electron chi connectivity index (χ3n) is 4.43. The second-order valence-corrected chi connectivity index (χ2v) is 6.92. The molecule has 0 N–H and O–H groups in total. The minimum Gasteiger partial charge on any atom is -0.454 e. The number of rotatable bonds is 5. The molecule has 0 radical (unpaired) electrons. The number of carbonyl (C=O) groups excluding carboxylic acids is 1. The van der Waals surface area contributed by atoms with Crippen LogP contribution in [0.4, 0.5) is 0 Å². The third kappa shape index (κ3) is 2.96. The van der Waals surface area contributed by atoms with E-state index in [1.165, 1.54) is 11.8 Å². The zero-order valence-corrected chi connectivity index (χ0v) is 15.4. The van der Waals surface area contributed by atoms with E-state index in [9.17, 15) is 4.79 Å². The zero-order valence-electron chi connectivity index (χ0n) is 14.6. The number of thioether (sulfide) groups is 1. The first-order chi connectivity index (χ1) is 12.5. The van der Waals surface area contributed by atoms with Crippen molar-refractivity contribution in [2.24, 2.45) is 7.05 Å². The number of hydrogen-bond donors (Lipinski definition) is 0. The predicted molar refractivity (Wildman–Crippen MR) is 95.8 cm³/mol. The summed E-state index contributed by atoms with van der Waals surface area (Å²) in [7, 11) is 1.95. The Labute approximate surface area is 154 Å². The van der Waals surface area contributed by atoms with Crippen molar-refractivity contribution in [2.45, 2.75) is 19.1 Å². The van der Waals surface area contributed by atoms with E-state index in [4.69, 9.17) is 13.9 Å². The van der Waals surface area contributed by atoms with Crippen LogP contribution < -0.4 is 9.47 Å². The fraction of sp³-hybridized carbons (Fsp3) is 0.278. The number of Topliss-reactive ketones (excluding diaryl/α,β-unsaturated/α-hetero) is 1. The van der Waals surface area contributed by atoms with Gasteiger partial charge in [-0.05, 0) is 38.1 Å². The third-order valence-corrected chi connectivity index (χ3v) is 5.25. The van der Waals surface area contributed by atoms with Crippen molar-refractivity contribution in [3.05, 3.63) is 41.2 Å². The van der Waals surface area contributed by atoms with Crippen molar-refractivity contribution >= 4 is 17.5 Å². The fourth-order valence-electron chi connectivity index (χ4n) is 2.76. The molecule has 0 saturated carbocycles. The summed E-state index contributed by atoms with van der Waals surface area (Å²) in [6.45, 7) is 4.13. The highest BCUT2D eigenvalue weighted by Crippen LogP contribution is 2.36. The molecular formula is C18H17N3O4S. The maximum absolute atomic E-state index is 12.5. The van der Waals surface area contributed by atoms with Gasteiger partial charge in [0.15, 0.2) is 17.3 Å². The summed E-state index contributed by atoms with van der Waals surface area (Å²) in [6.07, 6.45) is 0. The van der Waals surface area contributed by atoms with Gasteiger partial charge in [0.05, 0.1) is 5.75 Å². The van der Waals surface area contributed by atoms with Gasteiger partial charge < -0.3 is 18.5 Å². The van der Waals surface area contributed by atoms with Gasteiger partial charge in [-0.25, -0.2) is 0 Å². The van der Waals surface area contributed by atoms with Gasteiger partial charge in [-0.1, -0.05) is 11.8 Å². The molecule has 8 heteroatoms. The maximum atomic E-state index is 12.5. The van der Waals surface area contributed by atoms with Crippen molar-refractivity contribution in [2.75, 3.05) is 12.5 Å². The summed E-state index contributed by atoms with van der Waals surface area (Å²) in [5, 5.41) is 8.42. The van der Waals surface area contributed by atoms with Crippen LogP contribution in [-0.4, -0.2) is 33.1 Å². The average molecular weight is 371 g/mol. The first kappa shape index (κ1) is 16.7. The lowest BCUT2D eigenvalue weighted by Crippen LogP contribution is -2.04. The van der Waals surface area contributed by atoms with E-state index in [0.717, 1.165) is 22.5 Å². The molecule has 2 aromatic heterocycles. The number of ketones is 1. The number of carbonyl (C=O) groups is 1. The summed E-state index contributed by atoms with van der Waals surface area (Å²) in [4.78, 5) is 12.5. The zero-order chi connectivity index (χ0) is 18.3. The van der Waals surface area contributed by atoms with Crippen LogP contribution in [0.2, 0.25) is 0 Å². The maximum Gasteiger partial charge on any atom is 0.277 e. The number of aryl methyl sites for hydroxylation is 1. The molecule has 1 aliphatic rings. The van der Waals surface area contributed by atoms with E-state index >= 15 is 0 Å². The van der Waals surface area contributed by atoms with Crippen molar-refractivity contribution in [1.29, 1.82) is 0 Å². The molecule has 4 rings (SSSR count). The highest BCUT2D eigenvalue weighted by atomic mass is 32.2. The van der Waals surface area contributed by atoms with Gasteiger partial charge >= 0.3 is 0 Å². The van der Waals surface area contributed by atoms with Gasteiger partial charge in [0.2, 0.25) is 12.7 Å². The first-order valence-corrected chi connectivity index (χ1v) is 9.04. The Hall–Kier alpha value is -2.74. The van der Waals surface area contributed by atoms with E-state index in [2.05, 4.69) is 10.2 Å². The summed E-state index contributed by atoms with van der Waals surface area (Å²) in [5.74, 6) is 2.01. The van der Waals surface area contributed by atoms with Crippen LogP contribution in [-0.2, 0) is 7.05 Å². The van der Waals surface area contributed by atoms with Crippen LogP contribution in [0, 0.1) is 13.8 Å². The molecule has 0 spiro atoms. The van der Waals surface area contributed by atoms with Gasteiger partial charge in [-0.15, -0.1) is 10.2 Å². The van der Waals surface area contributed by atoms with Crippen molar-refractivity contribution in [3.8, 4) is 23.0 Å². The van der Waals surface area contributed by atoms with Gasteiger partial charge in [0, 0.05) is 29.6 Å². The second kappa shape index (κ2) is 6.53. The molecule has 0 unspecified atom stereocenters. The Morgan fingerprint density at radius 1 is 1.19 bits per heavy atom. The number of fused-ring (bicyclic) bond motifs is 1. The van der Waals surface area contributed by atoms with E-state index < -0.39 is 0 Å². The van der Waals surface area contributed by atoms with Crippen molar-refractivity contribution in [3.63, 3.8) is 0 Å². The van der Waals surface area contributed by atoms with Crippen LogP contribution in [0.15, 0.2) is 33.9 Å². The lowest BCUT2D eigenvalue weighted by molar-refractivity contribution is 0.102. The van der Waals surface area contributed by atoms with Gasteiger partial charge in [-0.2, -0.15) is 0 Å².